The van der Waals surface area contributed by atoms with Crippen molar-refractivity contribution in [1.82, 2.24) is 5.16 Å². The van der Waals surface area contributed by atoms with Crippen LogP contribution in [-0.2, 0) is 4.74 Å². The van der Waals surface area contributed by atoms with Crippen molar-refractivity contribution in [3.8, 4) is 5.75 Å². The van der Waals surface area contributed by atoms with Crippen LogP contribution in [0, 0.1) is 0 Å². The van der Waals surface area contributed by atoms with Crippen LogP contribution in [0.25, 0.3) is 11.0 Å². The number of benzene rings is 1. The second-order valence-corrected chi connectivity index (χ2v) is 2.91. The average molecular weight is 207 g/mol. The molecule has 0 aliphatic carbocycles. The molecule has 15 heavy (non-hydrogen) atoms. The standard InChI is InChI=1S/C10H9NO4/c1-2-14-10(13)8-6-4-3-5-7(12)9(6)15-11-8/h3-5,12H,2H2,1H3. The van der Waals surface area contributed by atoms with Crippen LogP contribution in [0.5, 0.6) is 5.75 Å². The van der Waals surface area contributed by atoms with Gasteiger partial charge in [0, 0.05) is 0 Å². The Labute approximate surface area is 85.2 Å². The first kappa shape index (κ1) is 9.51. The van der Waals surface area contributed by atoms with Crippen molar-refractivity contribution < 1.29 is 19.2 Å². The van der Waals surface area contributed by atoms with Gasteiger partial charge in [-0.1, -0.05) is 11.2 Å². The number of phenolic OH excluding ortho intramolecular Hbond substituents is 1. The van der Waals surface area contributed by atoms with Gasteiger partial charge in [0.15, 0.2) is 11.4 Å². The maximum atomic E-state index is 11.4. The van der Waals surface area contributed by atoms with Gasteiger partial charge in [-0.3, -0.25) is 0 Å². The topological polar surface area (TPSA) is 72.6 Å². The van der Waals surface area contributed by atoms with E-state index in [1.54, 1.807) is 19.1 Å². The van der Waals surface area contributed by atoms with E-state index in [0.717, 1.165) is 0 Å². The van der Waals surface area contributed by atoms with Gasteiger partial charge in [-0.15, -0.1) is 0 Å². The summed E-state index contributed by atoms with van der Waals surface area (Å²) in [6.07, 6.45) is 0. The number of carbonyl (C=O) groups is 1. The van der Waals surface area contributed by atoms with Crippen LogP contribution < -0.4 is 0 Å². The second-order valence-electron chi connectivity index (χ2n) is 2.91. The smallest absolute Gasteiger partial charge is 0.361 e. The number of phenols is 1. The van der Waals surface area contributed by atoms with E-state index < -0.39 is 5.97 Å². The predicted octanol–water partition coefficient (Wildman–Crippen LogP) is 1.71. The van der Waals surface area contributed by atoms with E-state index in [9.17, 15) is 9.90 Å². The van der Waals surface area contributed by atoms with Gasteiger partial charge >= 0.3 is 5.97 Å². The lowest BCUT2D eigenvalue weighted by Crippen LogP contribution is -2.05. The van der Waals surface area contributed by atoms with Gasteiger partial charge in [-0.2, -0.15) is 0 Å². The van der Waals surface area contributed by atoms with E-state index in [1.165, 1.54) is 6.07 Å². The number of ether oxygens (including phenoxy) is 1. The van der Waals surface area contributed by atoms with Crippen molar-refractivity contribution in [2.75, 3.05) is 6.61 Å². The lowest BCUT2D eigenvalue weighted by atomic mass is 10.2. The Balaban J connectivity index is 2.54. The maximum Gasteiger partial charge on any atom is 0.361 e. The van der Waals surface area contributed by atoms with Gasteiger partial charge in [-0.05, 0) is 19.1 Å². The van der Waals surface area contributed by atoms with Crippen molar-refractivity contribution >= 4 is 16.9 Å². The van der Waals surface area contributed by atoms with Crippen LogP contribution in [0.2, 0.25) is 0 Å². The quantitative estimate of drug-likeness (QED) is 0.759. The fourth-order valence-corrected chi connectivity index (χ4v) is 1.29. The zero-order valence-electron chi connectivity index (χ0n) is 8.06. The lowest BCUT2D eigenvalue weighted by molar-refractivity contribution is 0.0517. The summed E-state index contributed by atoms with van der Waals surface area (Å²) in [5, 5.41) is 13.4. The number of aromatic hydroxyl groups is 1. The van der Waals surface area contributed by atoms with Gasteiger partial charge in [0.05, 0.1) is 12.0 Å². The van der Waals surface area contributed by atoms with E-state index >= 15 is 0 Å². The second kappa shape index (κ2) is 3.61. The number of para-hydroxylation sites is 1. The third-order valence-corrected chi connectivity index (χ3v) is 1.95. The van der Waals surface area contributed by atoms with E-state index in [4.69, 9.17) is 9.26 Å². The molecule has 1 heterocycles. The van der Waals surface area contributed by atoms with Crippen LogP contribution in [0.15, 0.2) is 22.7 Å². The summed E-state index contributed by atoms with van der Waals surface area (Å²) in [6.45, 7) is 1.98. The number of hydrogen-bond donors (Lipinski definition) is 1. The zero-order chi connectivity index (χ0) is 10.8. The average Bonchev–Trinajstić information content (AvgIpc) is 2.63. The van der Waals surface area contributed by atoms with Crippen LogP contribution in [0.1, 0.15) is 17.4 Å². The molecular formula is C10H9NO4. The molecule has 78 valence electrons. The maximum absolute atomic E-state index is 11.4. The van der Waals surface area contributed by atoms with Crippen LogP contribution in [-0.4, -0.2) is 22.8 Å². The number of nitrogens with zero attached hydrogens (tertiary/aromatic N) is 1. The number of esters is 1. The first-order valence-corrected chi connectivity index (χ1v) is 4.48. The summed E-state index contributed by atoms with van der Waals surface area (Å²) in [5.41, 5.74) is 0.281. The molecule has 2 aromatic rings. The Morgan fingerprint density at radius 3 is 3.13 bits per heavy atom. The summed E-state index contributed by atoms with van der Waals surface area (Å²) < 4.78 is 9.64. The number of fused-ring (bicyclic) bond motifs is 1. The van der Waals surface area contributed by atoms with Crippen molar-refractivity contribution in [2.24, 2.45) is 0 Å². The van der Waals surface area contributed by atoms with Crippen LogP contribution in [0.4, 0.5) is 0 Å². The summed E-state index contributed by atoms with van der Waals surface area (Å²) in [7, 11) is 0. The SMILES string of the molecule is CCOC(=O)c1noc2c(O)cccc12. The molecule has 0 spiro atoms. The fourth-order valence-electron chi connectivity index (χ4n) is 1.29. The Hall–Kier alpha value is -2.04. The summed E-state index contributed by atoms with van der Waals surface area (Å²) in [5.74, 6) is -0.600. The van der Waals surface area contributed by atoms with Crippen molar-refractivity contribution in [3.63, 3.8) is 0 Å². The molecule has 0 unspecified atom stereocenters. The molecule has 5 heteroatoms. The Kier molecular flexibility index (Phi) is 2.29. The molecule has 1 aromatic heterocycles. The number of aromatic nitrogens is 1. The molecule has 1 N–H and O–H groups in total. The van der Waals surface area contributed by atoms with E-state index in [1.807, 2.05) is 0 Å². The van der Waals surface area contributed by atoms with Crippen molar-refractivity contribution in [3.05, 3.63) is 23.9 Å². The minimum absolute atomic E-state index is 0.0458. The zero-order valence-corrected chi connectivity index (χ0v) is 8.06. The van der Waals surface area contributed by atoms with Crippen LogP contribution in [0.3, 0.4) is 0 Å². The summed E-state index contributed by atoms with van der Waals surface area (Å²) in [4.78, 5) is 11.4. The first-order valence-electron chi connectivity index (χ1n) is 4.48. The molecule has 0 saturated carbocycles. The highest BCUT2D eigenvalue weighted by molar-refractivity contribution is 6.02. The Morgan fingerprint density at radius 2 is 2.40 bits per heavy atom. The van der Waals surface area contributed by atoms with Gasteiger partial charge in [0.2, 0.25) is 5.58 Å². The molecular weight excluding hydrogens is 198 g/mol. The monoisotopic (exact) mass is 207 g/mol. The van der Waals surface area contributed by atoms with Crippen LogP contribution >= 0.6 is 0 Å². The fraction of sp³-hybridized carbons (Fsp3) is 0.200. The normalized spacial score (nSPS) is 10.5. The number of carbonyl (C=O) groups excluding carboxylic acids is 1. The summed E-state index contributed by atoms with van der Waals surface area (Å²) in [6, 6.07) is 4.71. The number of rotatable bonds is 2. The molecule has 0 atom stereocenters. The highest BCUT2D eigenvalue weighted by Gasteiger charge is 2.18. The molecule has 0 bridgehead atoms. The third-order valence-electron chi connectivity index (χ3n) is 1.95. The molecule has 0 aliphatic rings. The minimum Gasteiger partial charge on any atom is -0.504 e. The lowest BCUT2D eigenvalue weighted by Gasteiger charge is -1.96. The van der Waals surface area contributed by atoms with E-state index in [0.29, 0.717) is 5.39 Å². The Bertz CT molecular complexity index is 503. The molecule has 1 aromatic carbocycles. The molecule has 0 fully saturated rings. The third kappa shape index (κ3) is 1.52. The van der Waals surface area contributed by atoms with E-state index in [2.05, 4.69) is 5.16 Å². The van der Waals surface area contributed by atoms with E-state index in [-0.39, 0.29) is 23.6 Å². The molecule has 5 nitrogen and oxygen atoms in total. The van der Waals surface area contributed by atoms with Gasteiger partial charge in [0.1, 0.15) is 0 Å². The highest BCUT2D eigenvalue weighted by atomic mass is 16.5. The minimum atomic E-state index is -0.554. The van der Waals surface area contributed by atoms with Crippen molar-refractivity contribution in [2.45, 2.75) is 6.92 Å². The highest BCUT2D eigenvalue weighted by Crippen LogP contribution is 2.26. The summed E-state index contributed by atoms with van der Waals surface area (Å²) >= 11 is 0. The van der Waals surface area contributed by atoms with Gasteiger partial charge in [0.25, 0.3) is 0 Å². The molecule has 0 aliphatic heterocycles. The largest absolute Gasteiger partial charge is 0.504 e. The van der Waals surface area contributed by atoms with Gasteiger partial charge < -0.3 is 14.4 Å². The van der Waals surface area contributed by atoms with Crippen molar-refractivity contribution in [1.29, 1.82) is 0 Å². The molecule has 0 saturated heterocycles. The molecule has 0 amide bonds. The first-order chi connectivity index (χ1) is 7.24. The Morgan fingerprint density at radius 1 is 1.60 bits per heavy atom. The van der Waals surface area contributed by atoms with Gasteiger partial charge in [-0.25, -0.2) is 4.79 Å². The molecule has 0 radical (unpaired) electrons. The molecule has 2 rings (SSSR count). The number of hydrogen-bond acceptors (Lipinski definition) is 5. The predicted molar refractivity (Wildman–Crippen MR) is 51.6 cm³/mol.